The number of piperazine rings is 1. The van der Waals surface area contributed by atoms with Gasteiger partial charge in [-0.2, -0.15) is 11.8 Å². The summed E-state index contributed by atoms with van der Waals surface area (Å²) in [4.78, 5) is 25.6. The van der Waals surface area contributed by atoms with Gasteiger partial charge >= 0.3 is 0 Å². The minimum atomic E-state index is -0.486. The number of hydrogen-bond donors (Lipinski definition) is 1. The van der Waals surface area contributed by atoms with Crippen LogP contribution >= 0.6 is 11.8 Å². The highest BCUT2D eigenvalue weighted by molar-refractivity contribution is 7.98. The molecule has 1 saturated heterocycles. The molecule has 0 aliphatic carbocycles. The monoisotopic (exact) mass is 264 g/mol. The highest BCUT2D eigenvalue weighted by Gasteiger charge is 2.34. The molecular formula is C13H16N2O2S. The van der Waals surface area contributed by atoms with Crippen LogP contribution < -0.4 is 5.32 Å². The summed E-state index contributed by atoms with van der Waals surface area (Å²) in [6, 6.07) is 8.95. The van der Waals surface area contributed by atoms with E-state index in [-0.39, 0.29) is 18.4 Å². The van der Waals surface area contributed by atoms with Gasteiger partial charge in [-0.3, -0.25) is 9.59 Å². The van der Waals surface area contributed by atoms with Crippen LogP contribution in [0.2, 0.25) is 0 Å². The number of hydrogen-bond acceptors (Lipinski definition) is 3. The topological polar surface area (TPSA) is 49.4 Å². The van der Waals surface area contributed by atoms with Gasteiger partial charge in [0.1, 0.15) is 6.04 Å². The standard InChI is InChI=1S/C13H16N2O2S/c1-18-8-7-15-11(16)9-14-13(17)12(15)10-5-3-2-4-6-10/h2-6,12H,7-9H2,1H3,(H,14,17). The normalized spacial score (nSPS) is 19.8. The molecular weight excluding hydrogens is 248 g/mol. The number of benzene rings is 1. The predicted octanol–water partition coefficient (Wildman–Crippen LogP) is 1.05. The van der Waals surface area contributed by atoms with Crippen molar-refractivity contribution in [1.29, 1.82) is 0 Å². The third kappa shape index (κ3) is 2.67. The lowest BCUT2D eigenvalue weighted by molar-refractivity contribution is -0.145. The summed E-state index contributed by atoms with van der Waals surface area (Å²) < 4.78 is 0. The number of nitrogens with one attached hydrogen (secondary N) is 1. The second-order valence-electron chi connectivity index (χ2n) is 4.11. The van der Waals surface area contributed by atoms with E-state index in [2.05, 4.69) is 5.32 Å². The highest BCUT2D eigenvalue weighted by Crippen LogP contribution is 2.23. The smallest absolute Gasteiger partial charge is 0.247 e. The van der Waals surface area contributed by atoms with E-state index < -0.39 is 6.04 Å². The molecule has 5 heteroatoms. The summed E-state index contributed by atoms with van der Waals surface area (Å²) in [6.45, 7) is 0.712. The fourth-order valence-corrected chi connectivity index (χ4v) is 2.44. The van der Waals surface area contributed by atoms with E-state index >= 15 is 0 Å². The second kappa shape index (κ2) is 5.91. The van der Waals surface area contributed by atoms with Gasteiger partial charge in [-0.15, -0.1) is 0 Å². The van der Waals surface area contributed by atoms with Crippen LogP contribution in [0.1, 0.15) is 11.6 Å². The van der Waals surface area contributed by atoms with E-state index in [9.17, 15) is 9.59 Å². The molecule has 0 aromatic heterocycles. The van der Waals surface area contributed by atoms with Crippen molar-refractivity contribution in [2.75, 3.05) is 25.1 Å². The lowest BCUT2D eigenvalue weighted by atomic mass is 10.0. The second-order valence-corrected chi connectivity index (χ2v) is 5.10. The van der Waals surface area contributed by atoms with Crippen molar-refractivity contribution in [2.24, 2.45) is 0 Å². The summed E-state index contributed by atoms with van der Waals surface area (Å²) in [7, 11) is 0. The average Bonchev–Trinajstić information content (AvgIpc) is 2.40. The van der Waals surface area contributed by atoms with Gasteiger partial charge in [0.05, 0.1) is 6.54 Å². The minimum Gasteiger partial charge on any atom is -0.345 e. The summed E-state index contributed by atoms with van der Waals surface area (Å²) >= 11 is 1.67. The van der Waals surface area contributed by atoms with Crippen molar-refractivity contribution >= 4 is 23.6 Å². The Labute approximate surface area is 111 Å². The van der Waals surface area contributed by atoms with Crippen LogP contribution in [-0.4, -0.2) is 41.8 Å². The van der Waals surface area contributed by atoms with Crippen molar-refractivity contribution in [3.05, 3.63) is 35.9 Å². The first-order chi connectivity index (χ1) is 8.74. The molecule has 0 radical (unpaired) electrons. The van der Waals surface area contributed by atoms with Crippen LogP contribution in [0.25, 0.3) is 0 Å². The number of rotatable bonds is 4. The molecule has 0 saturated carbocycles. The van der Waals surface area contributed by atoms with E-state index in [1.165, 1.54) is 0 Å². The molecule has 0 bridgehead atoms. The van der Waals surface area contributed by atoms with E-state index in [4.69, 9.17) is 0 Å². The Kier molecular flexibility index (Phi) is 4.25. The maximum atomic E-state index is 12.0. The fraction of sp³-hybridized carbons (Fsp3) is 0.385. The molecule has 1 aromatic carbocycles. The van der Waals surface area contributed by atoms with Gasteiger partial charge in [-0.1, -0.05) is 30.3 Å². The number of thioether (sulfide) groups is 1. The summed E-state index contributed by atoms with van der Waals surface area (Å²) in [5.41, 5.74) is 0.865. The third-order valence-electron chi connectivity index (χ3n) is 2.95. The maximum Gasteiger partial charge on any atom is 0.247 e. The van der Waals surface area contributed by atoms with Crippen LogP contribution in [0, 0.1) is 0 Å². The molecule has 1 aliphatic heterocycles. The molecule has 2 rings (SSSR count). The molecule has 1 aliphatic rings. The molecule has 1 aromatic rings. The molecule has 96 valence electrons. The zero-order valence-electron chi connectivity index (χ0n) is 10.3. The molecule has 1 fully saturated rings. The molecule has 1 N–H and O–H groups in total. The summed E-state index contributed by atoms with van der Waals surface area (Å²) in [5.74, 6) is 0.724. The van der Waals surface area contributed by atoms with Crippen molar-refractivity contribution in [3.63, 3.8) is 0 Å². The lowest BCUT2D eigenvalue weighted by Crippen LogP contribution is -2.54. The van der Waals surface area contributed by atoms with E-state index in [0.29, 0.717) is 6.54 Å². The molecule has 4 nitrogen and oxygen atoms in total. The first kappa shape index (κ1) is 13.0. The van der Waals surface area contributed by atoms with Gasteiger partial charge in [-0.25, -0.2) is 0 Å². The van der Waals surface area contributed by atoms with E-state index in [1.54, 1.807) is 16.7 Å². The van der Waals surface area contributed by atoms with Gasteiger partial charge in [0.25, 0.3) is 0 Å². The van der Waals surface area contributed by atoms with E-state index in [1.807, 2.05) is 36.6 Å². The first-order valence-corrected chi connectivity index (χ1v) is 7.24. The number of carbonyl (C=O) groups is 2. The van der Waals surface area contributed by atoms with Crippen LogP contribution in [0.5, 0.6) is 0 Å². The maximum absolute atomic E-state index is 12.0. The van der Waals surface area contributed by atoms with E-state index in [0.717, 1.165) is 11.3 Å². The zero-order chi connectivity index (χ0) is 13.0. The lowest BCUT2D eigenvalue weighted by Gasteiger charge is -2.35. The molecule has 1 atom stereocenters. The Bertz CT molecular complexity index is 436. The summed E-state index contributed by atoms with van der Waals surface area (Å²) in [6.07, 6.45) is 1.99. The average molecular weight is 264 g/mol. The Morgan fingerprint density at radius 2 is 2.06 bits per heavy atom. The number of amides is 2. The first-order valence-electron chi connectivity index (χ1n) is 5.85. The van der Waals surface area contributed by atoms with Gasteiger partial charge < -0.3 is 10.2 Å². The van der Waals surface area contributed by atoms with Crippen LogP contribution in [0.3, 0.4) is 0 Å². The van der Waals surface area contributed by atoms with Gasteiger partial charge in [0, 0.05) is 12.3 Å². The predicted molar refractivity (Wildman–Crippen MR) is 72.3 cm³/mol. The van der Waals surface area contributed by atoms with Gasteiger partial charge in [0.2, 0.25) is 11.8 Å². The van der Waals surface area contributed by atoms with Crippen molar-refractivity contribution in [3.8, 4) is 0 Å². The molecule has 0 spiro atoms. The zero-order valence-corrected chi connectivity index (χ0v) is 11.1. The highest BCUT2D eigenvalue weighted by atomic mass is 32.2. The Morgan fingerprint density at radius 3 is 2.72 bits per heavy atom. The number of nitrogens with zero attached hydrogens (tertiary/aromatic N) is 1. The van der Waals surface area contributed by atoms with Gasteiger partial charge in [-0.05, 0) is 11.8 Å². The quantitative estimate of drug-likeness (QED) is 0.884. The van der Waals surface area contributed by atoms with Crippen molar-refractivity contribution < 1.29 is 9.59 Å². The fourth-order valence-electron chi connectivity index (χ4n) is 2.06. The Morgan fingerprint density at radius 1 is 1.33 bits per heavy atom. The van der Waals surface area contributed by atoms with Crippen molar-refractivity contribution in [1.82, 2.24) is 10.2 Å². The van der Waals surface area contributed by atoms with Crippen LogP contribution in [-0.2, 0) is 9.59 Å². The molecule has 1 heterocycles. The summed E-state index contributed by atoms with van der Waals surface area (Å²) in [5, 5.41) is 2.65. The largest absolute Gasteiger partial charge is 0.345 e. The molecule has 18 heavy (non-hydrogen) atoms. The van der Waals surface area contributed by atoms with Crippen LogP contribution in [0.4, 0.5) is 0 Å². The SMILES string of the molecule is CSCCN1C(=O)CNC(=O)C1c1ccccc1. The minimum absolute atomic E-state index is 0.0162. The Balaban J connectivity index is 2.26. The third-order valence-corrected chi connectivity index (χ3v) is 3.54. The van der Waals surface area contributed by atoms with Crippen LogP contribution in [0.15, 0.2) is 30.3 Å². The molecule has 2 amide bonds. The number of carbonyl (C=O) groups excluding carboxylic acids is 2. The Hall–Kier alpha value is -1.49. The molecule has 1 unspecified atom stereocenters. The van der Waals surface area contributed by atoms with Gasteiger partial charge in [0.15, 0.2) is 0 Å². The van der Waals surface area contributed by atoms with Crippen molar-refractivity contribution in [2.45, 2.75) is 6.04 Å².